The molecule has 0 saturated heterocycles. The molecule has 0 aliphatic carbocycles. The number of nitrogens with one attached hydrogen (secondary N) is 1. The number of aromatic nitrogens is 2. The van der Waals surface area contributed by atoms with E-state index in [1.54, 1.807) is 12.1 Å². The molecule has 100 valence electrons. The van der Waals surface area contributed by atoms with Crippen LogP contribution in [0.5, 0.6) is 0 Å². The Labute approximate surface area is 115 Å². The van der Waals surface area contributed by atoms with Crippen molar-refractivity contribution in [3.8, 4) is 5.69 Å². The van der Waals surface area contributed by atoms with Gasteiger partial charge in [0.1, 0.15) is 5.69 Å². The molecule has 0 bridgehead atoms. The van der Waals surface area contributed by atoms with Crippen molar-refractivity contribution in [3.63, 3.8) is 0 Å². The summed E-state index contributed by atoms with van der Waals surface area (Å²) in [6.07, 6.45) is -4.66. The predicted molar refractivity (Wildman–Crippen MR) is 67.2 cm³/mol. The van der Waals surface area contributed by atoms with E-state index in [9.17, 15) is 18.0 Å². The number of aromatic amines is 1. The molecule has 0 unspecified atom stereocenters. The zero-order valence-electron chi connectivity index (χ0n) is 9.16. The molecule has 2 rings (SSSR count). The number of H-pyrrole nitrogens is 1. The van der Waals surface area contributed by atoms with Crippen LogP contribution in [0.15, 0.2) is 35.1 Å². The molecular formula is C11H6ClF3N2OS. The fourth-order valence-electron chi connectivity index (χ4n) is 1.51. The number of hydrogen-bond acceptors (Lipinski definition) is 2. The fraction of sp³-hybridized carbons (Fsp3) is 0.0909. The van der Waals surface area contributed by atoms with E-state index in [-0.39, 0.29) is 15.5 Å². The molecular weight excluding hydrogens is 301 g/mol. The Morgan fingerprint density at radius 2 is 1.89 bits per heavy atom. The predicted octanol–water partition coefficient (Wildman–Crippen LogP) is 3.57. The molecule has 0 fully saturated rings. The molecule has 3 nitrogen and oxygen atoms in total. The Balaban J connectivity index is 2.72. The summed E-state index contributed by atoms with van der Waals surface area (Å²) in [5.74, 6) is 0. The molecule has 1 aromatic carbocycles. The summed E-state index contributed by atoms with van der Waals surface area (Å²) in [5, 5.41) is 0.212. The number of hydrogen-bond donors (Lipinski definition) is 1. The van der Waals surface area contributed by atoms with Crippen LogP contribution in [0, 0.1) is 4.77 Å². The van der Waals surface area contributed by atoms with Gasteiger partial charge in [0.05, 0.1) is 10.7 Å². The highest BCUT2D eigenvalue weighted by atomic mass is 35.5. The minimum Gasteiger partial charge on any atom is -0.328 e. The van der Waals surface area contributed by atoms with E-state index >= 15 is 0 Å². The first-order chi connectivity index (χ1) is 8.80. The highest BCUT2D eigenvalue weighted by Gasteiger charge is 2.32. The lowest BCUT2D eigenvalue weighted by molar-refractivity contribution is -0.141. The lowest BCUT2D eigenvalue weighted by Gasteiger charge is -2.11. The highest BCUT2D eigenvalue weighted by molar-refractivity contribution is 7.71. The lowest BCUT2D eigenvalue weighted by Crippen LogP contribution is -2.23. The maximum atomic E-state index is 12.5. The summed E-state index contributed by atoms with van der Waals surface area (Å²) in [5.41, 5.74) is -1.86. The van der Waals surface area contributed by atoms with Gasteiger partial charge < -0.3 is 4.98 Å². The molecule has 0 spiro atoms. The molecule has 0 atom stereocenters. The third kappa shape index (κ3) is 2.71. The lowest BCUT2D eigenvalue weighted by atomic mass is 10.3. The third-order valence-corrected chi connectivity index (χ3v) is 2.94. The summed E-state index contributed by atoms with van der Waals surface area (Å²) >= 11 is 10.7. The van der Waals surface area contributed by atoms with E-state index < -0.39 is 17.4 Å². The quantitative estimate of drug-likeness (QED) is 0.818. The van der Waals surface area contributed by atoms with E-state index in [1.807, 2.05) is 4.98 Å². The first-order valence-corrected chi connectivity index (χ1v) is 5.78. The summed E-state index contributed by atoms with van der Waals surface area (Å²) in [6, 6.07) is 6.67. The molecule has 0 aliphatic heterocycles. The van der Waals surface area contributed by atoms with Crippen molar-refractivity contribution >= 4 is 23.8 Å². The second-order valence-electron chi connectivity index (χ2n) is 3.61. The van der Waals surface area contributed by atoms with Gasteiger partial charge in [0.25, 0.3) is 5.56 Å². The molecule has 19 heavy (non-hydrogen) atoms. The molecule has 1 aromatic heterocycles. The molecule has 1 heterocycles. The van der Waals surface area contributed by atoms with Crippen molar-refractivity contribution in [3.05, 3.63) is 56.2 Å². The van der Waals surface area contributed by atoms with E-state index in [4.69, 9.17) is 23.8 Å². The number of rotatable bonds is 1. The van der Waals surface area contributed by atoms with Gasteiger partial charge in [-0.15, -0.1) is 0 Å². The highest BCUT2D eigenvalue weighted by Crippen LogP contribution is 2.27. The fourth-order valence-corrected chi connectivity index (χ4v) is 2.03. The van der Waals surface area contributed by atoms with Crippen molar-refractivity contribution in [1.82, 2.24) is 9.55 Å². The molecule has 0 amide bonds. The third-order valence-electron chi connectivity index (χ3n) is 2.33. The van der Waals surface area contributed by atoms with Gasteiger partial charge in [0.2, 0.25) is 0 Å². The van der Waals surface area contributed by atoms with Crippen LogP contribution in [0.3, 0.4) is 0 Å². The number of alkyl halides is 3. The number of halogens is 4. The van der Waals surface area contributed by atoms with E-state index in [2.05, 4.69) is 0 Å². The van der Waals surface area contributed by atoms with E-state index in [0.29, 0.717) is 6.07 Å². The summed E-state index contributed by atoms with van der Waals surface area (Å²) < 4.78 is 38.1. The summed E-state index contributed by atoms with van der Waals surface area (Å²) in [6.45, 7) is 0. The van der Waals surface area contributed by atoms with Gasteiger partial charge in [-0.1, -0.05) is 23.7 Å². The monoisotopic (exact) mass is 306 g/mol. The van der Waals surface area contributed by atoms with Crippen molar-refractivity contribution in [1.29, 1.82) is 0 Å². The van der Waals surface area contributed by atoms with Crippen molar-refractivity contribution < 1.29 is 13.2 Å². The average Bonchev–Trinajstić information content (AvgIpc) is 2.29. The normalized spacial score (nSPS) is 11.6. The Kier molecular flexibility index (Phi) is 3.51. The molecule has 0 saturated carbocycles. The van der Waals surface area contributed by atoms with Crippen LogP contribution >= 0.6 is 23.8 Å². The summed E-state index contributed by atoms with van der Waals surface area (Å²) in [7, 11) is 0. The maximum absolute atomic E-state index is 12.5. The van der Waals surface area contributed by atoms with Crippen LogP contribution in [0.4, 0.5) is 13.2 Å². The number of nitrogens with zero attached hydrogens (tertiary/aromatic N) is 1. The molecule has 0 aliphatic rings. The Bertz CT molecular complexity index is 704. The zero-order chi connectivity index (χ0) is 14.2. The number of benzene rings is 1. The molecule has 8 heteroatoms. The van der Waals surface area contributed by atoms with Crippen molar-refractivity contribution in [2.24, 2.45) is 0 Å². The van der Waals surface area contributed by atoms with Crippen molar-refractivity contribution in [2.75, 3.05) is 0 Å². The minimum absolute atomic E-state index is 0.212. The van der Waals surface area contributed by atoms with Crippen LogP contribution in [0.2, 0.25) is 5.02 Å². The van der Waals surface area contributed by atoms with Crippen molar-refractivity contribution in [2.45, 2.75) is 6.18 Å². The standard InChI is InChI=1S/C11H6ClF3N2OS/c12-6-3-1-2-4-7(6)17-9(18)5-8(11(13,14)15)16-10(17)19/h1-5H,(H,16,19). The maximum Gasteiger partial charge on any atom is 0.431 e. The van der Waals surface area contributed by atoms with Gasteiger partial charge in [0, 0.05) is 6.07 Å². The first kappa shape index (κ1) is 13.8. The Morgan fingerprint density at radius 3 is 2.42 bits per heavy atom. The second-order valence-corrected chi connectivity index (χ2v) is 4.40. The van der Waals surface area contributed by atoms with E-state index in [0.717, 1.165) is 4.57 Å². The first-order valence-electron chi connectivity index (χ1n) is 4.99. The Hall–Kier alpha value is -1.60. The van der Waals surface area contributed by atoms with Gasteiger partial charge >= 0.3 is 6.18 Å². The van der Waals surface area contributed by atoms with Gasteiger partial charge in [-0.25, -0.2) is 0 Å². The van der Waals surface area contributed by atoms with Crippen LogP contribution < -0.4 is 5.56 Å². The van der Waals surface area contributed by atoms with Crippen LogP contribution in [-0.4, -0.2) is 9.55 Å². The Morgan fingerprint density at radius 1 is 1.26 bits per heavy atom. The summed E-state index contributed by atoms with van der Waals surface area (Å²) in [4.78, 5) is 13.8. The number of para-hydroxylation sites is 1. The van der Waals surface area contributed by atoms with Gasteiger partial charge in [-0.3, -0.25) is 9.36 Å². The minimum atomic E-state index is -4.66. The SMILES string of the molecule is O=c1cc(C(F)(F)F)[nH]c(=S)n1-c1ccccc1Cl. The smallest absolute Gasteiger partial charge is 0.328 e. The average molecular weight is 307 g/mol. The van der Waals surface area contributed by atoms with Crippen LogP contribution in [0.1, 0.15) is 5.69 Å². The second kappa shape index (κ2) is 4.82. The molecule has 0 radical (unpaired) electrons. The van der Waals surface area contributed by atoms with Gasteiger partial charge in [0.15, 0.2) is 4.77 Å². The van der Waals surface area contributed by atoms with Gasteiger partial charge in [-0.2, -0.15) is 13.2 Å². The van der Waals surface area contributed by atoms with E-state index in [1.165, 1.54) is 12.1 Å². The zero-order valence-corrected chi connectivity index (χ0v) is 10.7. The topological polar surface area (TPSA) is 37.8 Å². The van der Waals surface area contributed by atoms with Crippen LogP contribution in [0.25, 0.3) is 5.69 Å². The molecule has 1 N–H and O–H groups in total. The van der Waals surface area contributed by atoms with Gasteiger partial charge in [-0.05, 0) is 24.4 Å². The largest absolute Gasteiger partial charge is 0.431 e. The molecule has 2 aromatic rings. The van der Waals surface area contributed by atoms with Crippen LogP contribution in [-0.2, 0) is 6.18 Å².